The molecule has 0 radical (unpaired) electrons. The van der Waals surface area contributed by atoms with Gasteiger partial charge in [0, 0.05) is 23.1 Å². The second kappa shape index (κ2) is 8.04. The van der Waals surface area contributed by atoms with Crippen LogP contribution in [0.2, 0.25) is 0 Å². The number of hydrogen-bond donors (Lipinski definition) is 1. The van der Waals surface area contributed by atoms with E-state index in [0.717, 1.165) is 26.2 Å². The van der Waals surface area contributed by atoms with Crippen molar-refractivity contribution in [3.05, 3.63) is 89.3 Å². The van der Waals surface area contributed by atoms with Crippen LogP contribution in [-0.2, 0) is 4.79 Å². The van der Waals surface area contributed by atoms with Crippen molar-refractivity contribution in [2.75, 3.05) is 11.9 Å². The maximum absolute atomic E-state index is 12.5. The number of anilines is 1. The van der Waals surface area contributed by atoms with Gasteiger partial charge in [0.2, 0.25) is 0 Å². The lowest BCUT2D eigenvalue weighted by molar-refractivity contribution is -0.118. The van der Waals surface area contributed by atoms with E-state index in [0.29, 0.717) is 17.0 Å². The maximum atomic E-state index is 12.5. The zero-order valence-electron chi connectivity index (χ0n) is 16.2. The van der Waals surface area contributed by atoms with Gasteiger partial charge in [0.15, 0.2) is 6.61 Å². The first-order valence-electron chi connectivity index (χ1n) is 9.57. The molecule has 7 heteroatoms. The molecule has 0 bridgehead atoms. The van der Waals surface area contributed by atoms with E-state index in [2.05, 4.69) is 10.3 Å². The van der Waals surface area contributed by atoms with Crippen LogP contribution in [0.1, 0.15) is 0 Å². The summed E-state index contributed by atoms with van der Waals surface area (Å²) in [6, 6.07) is 23.6. The SMILES string of the molecule is O=C(COc1ccc2ccc(=O)oc2c1)Nc1ccccc1-c1nc2ccccc2s1. The van der Waals surface area contributed by atoms with E-state index >= 15 is 0 Å². The molecule has 0 saturated heterocycles. The molecular weight excluding hydrogens is 412 g/mol. The van der Waals surface area contributed by atoms with Gasteiger partial charge in [0.1, 0.15) is 16.3 Å². The van der Waals surface area contributed by atoms with Gasteiger partial charge in [0.25, 0.3) is 5.91 Å². The summed E-state index contributed by atoms with van der Waals surface area (Å²) in [4.78, 5) is 28.6. The zero-order chi connectivity index (χ0) is 21.2. The highest BCUT2D eigenvalue weighted by Gasteiger charge is 2.13. The summed E-state index contributed by atoms with van der Waals surface area (Å²) in [5, 5.41) is 4.51. The van der Waals surface area contributed by atoms with Gasteiger partial charge in [0.05, 0.1) is 15.9 Å². The van der Waals surface area contributed by atoms with Crippen LogP contribution in [-0.4, -0.2) is 17.5 Å². The molecule has 0 aliphatic carbocycles. The van der Waals surface area contributed by atoms with Gasteiger partial charge < -0.3 is 14.5 Å². The Balaban J connectivity index is 1.32. The van der Waals surface area contributed by atoms with Gasteiger partial charge >= 0.3 is 5.63 Å². The molecule has 31 heavy (non-hydrogen) atoms. The summed E-state index contributed by atoms with van der Waals surface area (Å²) in [5.74, 6) is 0.139. The molecule has 0 spiro atoms. The standard InChI is InChI=1S/C24H16N2O4S/c27-22(14-29-16-11-9-15-10-12-23(28)30-20(15)13-16)25-18-6-2-1-5-17(18)24-26-19-7-3-4-8-21(19)31-24/h1-13H,14H2,(H,25,27). The quantitative estimate of drug-likeness (QED) is 0.395. The number of aromatic nitrogens is 1. The summed E-state index contributed by atoms with van der Waals surface area (Å²) in [6.45, 7) is -0.184. The number of thiazole rings is 1. The molecule has 6 nitrogen and oxygen atoms in total. The molecule has 0 saturated carbocycles. The van der Waals surface area contributed by atoms with Crippen LogP contribution >= 0.6 is 11.3 Å². The number of amides is 1. The molecule has 0 atom stereocenters. The number of benzene rings is 3. The van der Waals surface area contributed by atoms with Crippen molar-refractivity contribution in [2.24, 2.45) is 0 Å². The second-order valence-electron chi connectivity index (χ2n) is 6.82. The van der Waals surface area contributed by atoms with E-state index in [1.807, 2.05) is 48.5 Å². The van der Waals surface area contributed by atoms with E-state index in [1.54, 1.807) is 35.6 Å². The molecule has 2 aromatic heterocycles. The van der Waals surface area contributed by atoms with Crippen molar-refractivity contribution < 1.29 is 13.9 Å². The predicted octanol–water partition coefficient (Wildman–Crippen LogP) is 5.09. The molecule has 5 rings (SSSR count). The Bertz CT molecular complexity index is 1440. The number of fused-ring (bicyclic) bond motifs is 2. The Morgan fingerprint density at radius 3 is 2.71 bits per heavy atom. The predicted molar refractivity (Wildman–Crippen MR) is 122 cm³/mol. The fraction of sp³-hybridized carbons (Fsp3) is 0.0417. The number of nitrogens with one attached hydrogen (secondary N) is 1. The van der Waals surface area contributed by atoms with Crippen molar-refractivity contribution in [2.45, 2.75) is 0 Å². The van der Waals surface area contributed by atoms with Crippen molar-refractivity contribution in [1.29, 1.82) is 0 Å². The van der Waals surface area contributed by atoms with Crippen LogP contribution in [0.3, 0.4) is 0 Å². The topological polar surface area (TPSA) is 81.4 Å². The number of para-hydroxylation sites is 2. The van der Waals surface area contributed by atoms with Gasteiger partial charge in [-0.15, -0.1) is 11.3 Å². The molecule has 152 valence electrons. The average Bonchev–Trinajstić information content (AvgIpc) is 3.22. The van der Waals surface area contributed by atoms with Crippen LogP contribution in [0, 0.1) is 0 Å². The largest absolute Gasteiger partial charge is 0.484 e. The number of rotatable bonds is 5. The highest BCUT2D eigenvalue weighted by Crippen LogP contribution is 2.34. The highest BCUT2D eigenvalue weighted by molar-refractivity contribution is 7.21. The lowest BCUT2D eigenvalue weighted by atomic mass is 10.2. The molecule has 0 unspecified atom stereocenters. The van der Waals surface area contributed by atoms with Crippen LogP contribution in [0.25, 0.3) is 31.8 Å². The molecule has 1 amide bonds. The first-order valence-corrected chi connectivity index (χ1v) is 10.4. The number of carbonyl (C=O) groups excluding carboxylic acids is 1. The summed E-state index contributed by atoms with van der Waals surface area (Å²) < 4.78 is 11.8. The van der Waals surface area contributed by atoms with Crippen LogP contribution in [0.4, 0.5) is 5.69 Å². The van der Waals surface area contributed by atoms with Gasteiger partial charge in [-0.25, -0.2) is 9.78 Å². The molecule has 3 aromatic carbocycles. The van der Waals surface area contributed by atoms with E-state index in [-0.39, 0.29) is 12.5 Å². The second-order valence-corrected chi connectivity index (χ2v) is 7.85. The average molecular weight is 428 g/mol. The summed E-state index contributed by atoms with van der Waals surface area (Å²) >= 11 is 1.57. The zero-order valence-corrected chi connectivity index (χ0v) is 17.0. The fourth-order valence-corrected chi connectivity index (χ4v) is 4.24. The molecule has 2 heterocycles. The maximum Gasteiger partial charge on any atom is 0.336 e. The van der Waals surface area contributed by atoms with E-state index in [4.69, 9.17) is 9.15 Å². The van der Waals surface area contributed by atoms with Crippen molar-refractivity contribution in [3.8, 4) is 16.3 Å². The minimum atomic E-state index is -0.436. The lowest BCUT2D eigenvalue weighted by Gasteiger charge is -2.10. The molecule has 1 N–H and O–H groups in total. The Hall–Kier alpha value is -3.97. The van der Waals surface area contributed by atoms with Crippen molar-refractivity contribution in [1.82, 2.24) is 4.98 Å². The molecule has 0 aliphatic rings. The third kappa shape index (κ3) is 4.04. The van der Waals surface area contributed by atoms with Gasteiger partial charge in [-0.1, -0.05) is 24.3 Å². The van der Waals surface area contributed by atoms with E-state index in [9.17, 15) is 9.59 Å². The first-order chi connectivity index (χ1) is 15.2. The molecule has 0 aliphatic heterocycles. The molecule has 0 fully saturated rings. The lowest BCUT2D eigenvalue weighted by Crippen LogP contribution is -2.20. The summed E-state index contributed by atoms with van der Waals surface area (Å²) in [5.41, 5.74) is 2.42. The number of carbonyl (C=O) groups is 1. The third-order valence-corrected chi connectivity index (χ3v) is 5.76. The highest BCUT2D eigenvalue weighted by atomic mass is 32.1. The normalized spacial score (nSPS) is 11.0. The third-order valence-electron chi connectivity index (χ3n) is 4.69. The van der Waals surface area contributed by atoms with Gasteiger partial charge in [-0.05, 0) is 42.5 Å². The fourth-order valence-electron chi connectivity index (χ4n) is 3.23. The Labute approximate surface area is 180 Å². The first kappa shape index (κ1) is 19.0. The van der Waals surface area contributed by atoms with E-state index in [1.165, 1.54) is 6.07 Å². The Morgan fingerprint density at radius 2 is 1.81 bits per heavy atom. The van der Waals surface area contributed by atoms with E-state index < -0.39 is 5.63 Å². The van der Waals surface area contributed by atoms with Crippen molar-refractivity contribution >= 4 is 44.1 Å². The minimum Gasteiger partial charge on any atom is -0.484 e. The molecular formula is C24H16N2O4S. The Kier molecular flexibility index (Phi) is 4.93. The molecule has 5 aromatic rings. The number of ether oxygens (including phenoxy) is 1. The summed E-state index contributed by atoms with van der Waals surface area (Å²) in [6.07, 6.45) is 0. The smallest absolute Gasteiger partial charge is 0.336 e. The minimum absolute atomic E-state index is 0.184. The van der Waals surface area contributed by atoms with Gasteiger partial charge in [-0.2, -0.15) is 0 Å². The summed E-state index contributed by atoms with van der Waals surface area (Å²) in [7, 11) is 0. The number of hydrogen-bond acceptors (Lipinski definition) is 6. The number of nitrogens with zero attached hydrogens (tertiary/aromatic N) is 1. The van der Waals surface area contributed by atoms with Crippen LogP contribution < -0.4 is 15.7 Å². The Morgan fingerprint density at radius 1 is 1.00 bits per heavy atom. The van der Waals surface area contributed by atoms with Crippen LogP contribution in [0.5, 0.6) is 5.75 Å². The van der Waals surface area contributed by atoms with Crippen LogP contribution in [0.15, 0.2) is 88.1 Å². The van der Waals surface area contributed by atoms with Gasteiger partial charge in [-0.3, -0.25) is 4.79 Å². The monoisotopic (exact) mass is 428 g/mol. The van der Waals surface area contributed by atoms with Crippen molar-refractivity contribution in [3.63, 3.8) is 0 Å².